The first-order valence-corrected chi connectivity index (χ1v) is 8.70. The lowest BCUT2D eigenvalue weighted by Gasteiger charge is -2.26. The van der Waals surface area contributed by atoms with Crippen LogP contribution in [0.5, 0.6) is 0 Å². The van der Waals surface area contributed by atoms with Gasteiger partial charge in [-0.1, -0.05) is 38.1 Å². The molecule has 1 atom stereocenters. The van der Waals surface area contributed by atoms with Gasteiger partial charge in [0.15, 0.2) is 0 Å². The Morgan fingerprint density at radius 1 is 1.14 bits per heavy atom. The summed E-state index contributed by atoms with van der Waals surface area (Å²) in [6.07, 6.45) is 2.23. The number of rotatable bonds is 8. The van der Waals surface area contributed by atoms with Crippen LogP contribution in [0.25, 0.3) is 0 Å². The van der Waals surface area contributed by atoms with Crippen molar-refractivity contribution < 1.29 is 0 Å². The van der Waals surface area contributed by atoms with Gasteiger partial charge in [0.05, 0.1) is 0 Å². The van der Waals surface area contributed by atoms with Crippen molar-refractivity contribution in [1.29, 1.82) is 0 Å². The molecule has 1 heterocycles. The first kappa shape index (κ1) is 16.1. The quantitative estimate of drug-likeness (QED) is 0.773. The Bertz CT molecular complexity index is 522. The molecule has 1 N–H and O–H groups in total. The molecule has 0 saturated carbocycles. The van der Waals surface area contributed by atoms with E-state index in [1.54, 1.807) is 0 Å². The number of hydrogen-bond acceptors (Lipinski definition) is 3. The second kappa shape index (κ2) is 8.20. The molecule has 0 aliphatic heterocycles. The molecule has 0 spiro atoms. The van der Waals surface area contributed by atoms with Crippen molar-refractivity contribution in [3.05, 3.63) is 52.2 Å². The van der Waals surface area contributed by atoms with Crippen molar-refractivity contribution in [1.82, 2.24) is 5.32 Å². The summed E-state index contributed by atoms with van der Waals surface area (Å²) in [4.78, 5) is 3.84. The SMILES string of the molecule is CCNC(CC)c1ccccc1N(C)CCc1cccs1. The second-order valence-electron chi connectivity index (χ2n) is 5.33. The largest absolute Gasteiger partial charge is 0.374 e. The predicted molar refractivity (Wildman–Crippen MR) is 94.4 cm³/mol. The van der Waals surface area contributed by atoms with Crippen molar-refractivity contribution in [3.63, 3.8) is 0 Å². The number of anilines is 1. The van der Waals surface area contributed by atoms with Crippen LogP contribution in [0.4, 0.5) is 5.69 Å². The molecule has 0 amide bonds. The third kappa shape index (κ3) is 4.32. The number of nitrogens with one attached hydrogen (secondary N) is 1. The lowest BCUT2D eigenvalue weighted by Crippen LogP contribution is -2.26. The van der Waals surface area contributed by atoms with E-state index in [1.807, 2.05) is 11.3 Å². The van der Waals surface area contributed by atoms with E-state index in [4.69, 9.17) is 0 Å². The Morgan fingerprint density at radius 3 is 2.62 bits per heavy atom. The molecule has 1 aromatic carbocycles. The highest BCUT2D eigenvalue weighted by Crippen LogP contribution is 2.27. The van der Waals surface area contributed by atoms with Crippen LogP contribution in [0.3, 0.4) is 0 Å². The van der Waals surface area contributed by atoms with Crippen molar-refractivity contribution in [3.8, 4) is 0 Å². The molecule has 1 unspecified atom stereocenters. The normalized spacial score (nSPS) is 12.3. The van der Waals surface area contributed by atoms with Crippen LogP contribution < -0.4 is 10.2 Å². The first-order valence-electron chi connectivity index (χ1n) is 7.82. The van der Waals surface area contributed by atoms with Crippen LogP contribution in [0, 0.1) is 0 Å². The topological polar surface area (TPSA) is 15.3 Å². The van der Waals surface area contributed by atoms with Crippen molar-refractivity contribution in [2.24, 2.45) is 0 Å². The van der Waals surface area contributed by atoms with E-state index in [1.165, 1.54) is 16.1 Å². The minimum Gasteiger partial charge on any atom is -0.374 e. The molecule has 1 aromatic heterocycles. The van der Waals surface area contributed by atoms with Crippen LogP contribution in [0.1, 0.15) is 36.8 Å². The Balaban J connectivity index is 2.10. The number of hydrogen-bond donors (Lipinski definition) is 1. The van der Waals surface area contributed by atoms with Gasteiger partial charge in [0, 0.05) is 30.2 Å². The van der Waals surface area contributed by atoms with Crippen LogP contribution in [0.2, 0.25) is 0 Å². The van der Waals surface area contributed by atoms with Crippen molar-refractivity contribution in [2.45, 2.75) is 32.7 Å². The molecule has 3 heteroatoms. The molecule has 0 radical (unpaired) electrons. The zero-order chi connectivity index (χ0) is 15.1. The molecule has 0 fully saturated rings. The molecule has 0 aliphatic rings. The van der Waals surface area contributed by atoms with Crippen molar-refractivity contribution >= 4 is 17.0 Å². The van der Waals surface area contributed by atoms with Crippen molar-refractivity contribution in [2.75, 3.05) is 25.0 Å². The highest BCUT2D eigenvalue weighted by molar-refractivity contribution is 7.09. The number of nitrogens with zero attached hydrogens (tertiary/aromatic N) is 1. The smallest absolute Gasteiger partial charge is 0.0412 e. The lowest BCUT2D eigenvalue weighted by atomic mass is 10.0. The number of para-hydroxylation sites is 1. The molecule has 114 valence electrons. The van der Waals surface area contributed by atoms with Gasteiger partial charge >= 0.3 is 0 Å². The molecule has 2 rings (SSSR count). The molecule has 0 bridgehead atoms. The Labute approximate surface area is 132 Å². The summed E-state index contributed by atoms with van der Waals surface area (Å²) in [5, 5.41) is 5.74. The van der Waals surface area contributed by atoms with Gasteiger partial charge in [-0.3, -0.25) is 0 Å². The number of benzene rings is 1. The zero-order valence-corrected chi connectivity index (χ0v) is 14.1. The average Bonchev–Trinajstić information content (AvgIpc) is 3.04. The summed E-state index contributed by atoms with van der Waals surface area (Å²) in [5.41, 5.74) is 2.76. The summed E-state index contributed by atoms with van der Waals surface area (Å²) < 4.78 is 0. The second-order valence-corrected chi connectivity index (χ2v) is 6.36. The van der Waals surface area contributed by atoms with E-state index in [-0.39, 0.29) is 0 Å². The van der Waals surface area contributed by atoms with Gasteiger partial charge in [0.25, 0.3) is 0 Å². The first-order chi connectivity index (χ1) is 10.3. The highest BCUT2D eigenvalue weighted by atomic mass is 32.1. The molecule has 2 nitrogen and oxygen atoms in total. The zero-order valence-electron chi connectivity index (χ0n) is 13.3. The van der Waals surface area contributed by atoms with E-state index in [9.17, 15) is 0 Å². The predicted octanol–water partition coefficient (Wildman–Crippen LogP) is 4.49. The Hall–Kier alpha value is -1.32. The van der Waals surface area contributed by atoms with E-state index in [0.717, 1.165) is 25.9 Å². The summed E-state index contributed by atoms with van der Waals surface area (Å²) >= 11 is 1.84. The van der Waals surface area contributed by atoms with Gasteiger partial charge in [-0.15, -0.1) is 11.3 Å². The van der Waals surface area contributed by atoms with Gasteiger partial charge < -0.3 is 10.2 Å². The molecular weight excluding hydrogens is 276 g/mol. The minimum absolute atomic E-state index is 0.440. The summed E-state index contributed by atoms with van der Waals surface area (Å²) in [6, 6.07) is 13.6. The molecule has 21 heavy (non-hydrogen) atoms. The van der Waals surface area contributed by atoms with Gasteiger partial charge in [0.2, 0.25) is 0 Å². The minimum atomic E-state index is 0.440. The van der Waals surface area contributed by atoms with Gasteiger partial charge in [-0.2, -0.15) is 0 Å². The van der Waals surface area contributed by atoms with Crippen LogP contribution in [-0.4, -0.2) is 20.1 Å². The summed E-state index contributed by atoms with van der Waals surface area (Å²) in [6.45, 7) is 6.48. The van der Waals surface area contributed by atoms with E-state index in [2.05, 4.69) is 72.9 Å². The molecular formula is C18H26N2S. The van der Waals surface area contributed by atoms with Crippen LogP contribution in [-0.2, 0) is 6.42 Å². The fourth-order valence-electron chi connectivity index (χ4n) is 2.70. The fraction of sp³-hybridized carbons (Fsp3) is 0.444. The van der Waals surface area contributed by atoms with Gasteiger partial charge in [-0.05, 0) is 42.5 Å². The third-order valence-electron chi connectivity index (χ3n) is 3.86. The summed E-state index contributed by atoms with van der Waals surface area (Å²) in [5.74, 6) is 0. The molecule has 0 aliphatic carbocycles. The van der Waals surface area contributed by atoms with Crippen LogP contribution >= 0.6 is 11.3 Å². The third-order valence-corrected chi connectivity index (χ3v) is 4.79. The fourth-order valence-corrected chi connectivity index (χ4v) is 3.40. The van der Waals surface area contributed by atoms with E-state index < -0.39 is 0 Å². The Kier molecular flexibility index (Phi) is 6.27. The maximum atomic E-state index is 3.59. The molecule has 0 saturated heterocycles. The standard InChI is InChI=1S/C18H26N2S/c1-4-17(19-5-2)16-10-6-7-11-18(16)20(3)13-12-15-9-8-14-21-15/h6-11,14,17,19H,4-5,12-13H2,1-3H3. The van der Waals surface area contributed by atoms with E-state index in [0.29, 0.717) is 6.04 Å². The average molecular weight is 302 g/mol. The number of likely N-dealkylation sites (N-methyl/N-ethyl adjacent to an activating group) is 1. The molecule has 2 aromatic rings. The maximum absolute atomic E-state index is 3.59. The van der Waals surface area contributed by atoms with Gasteiger partial charge in [0.1, 0.15) is 0 Å². The lowest BCUT2D eigenvalue weighted by molar-refractivity contribution is 0.537. The van der Waals surface area contributed by atoms with Crippen LogP contribution in [0.15, 0.2) is 41.8 Å². The monoisotopic (exact) mass is 302 g/mol. The number of thiophene rings is 1. The van der Waals surface area contributed by atoms with Gasteiger partial charge in [-0.25, -0.2) is 0 Å². The summed E-state index contributed by atoms with van der Waals surface area (Å²) in [7, 11) is 2.20. The highest BCUT2D eigenvalue weighted by Gasteiger charge is 2.14. The maximum Gasteiger partial charge on any atom is 0.0412 e. The van der Waals surface area contributed by atoms with E-state index >= 15 is 0 Å². The Morgan fingerprint density at radius 2 is 1.95 bits per heavy atom.